The predicted octanol–water partition coefficient (Wildman–Crippen LogP) is 6.87. The summed E-state index contributed by atoms with van der Waals surface area (Å²) in [6, 6.07) is 14.4. The average molecular weight is 666 g/mol. The summed E-state index contributed by atoms with van der Waals surface area (Å²) in [6.45, 7) is 5.57. The maximum Gasteiger partial charge on any atom is 0.354 e. The zero-order chi connectivity index (χ0) is 32.8. The molecule has 8 nitrogen and oxygen atoms in total. The van der Waals surface area contributed by atoms with E-state index in [0.29, 0.717) is 40.2 Å². The molecule has 0 saturated carbocycles. The second kappa shape index (κ2) is 15.6. The summed E-state index contributed by atoms with van der Waals surface area (Å²) in [5.41, 5.74) is 15.5. The molecule has 0 aliphatic carbocycles. The van der Waals surface area contributed by atoms with Gasteiger partial charge in [-0.2, -0.15) is 16.7 Å². The molecule has 46 heavy (non-hydrogen) atoms. The average Bonchev–Trinajstić information content (AvgIpc) is 3.43. The van der Waals surface area contributed by atoms with Crippen LogP contribution in [0.25, 0.3) is 28.0 Å². The van der Waals surface area contributed by atoms with Crippen molar-refractivity contribution in [3.8, 4) is 16.9 Å². The molecule has 3 heterocycles. The van der Waals surface area contributed by atoms with Gasteiger partial charge in [0.05, 0.1) is 22.2 Å². The minimum atomic E-state index is -0.506. The van der Waals surface area contributed by atoms with E-state index in [-0.39, 0.29) is 11.1 Å². The standard InChI is InChI=1S/C35H45ClFN7OS/c1-22(38)6-4-7-24-18-29(33(37)30(36)19-24)31-20-26-21-44(35(45)42-34(26)41-31)28-12-10-25(11-13-28)32-9-5-8-27(14-15-40-23(2)39)43(32)16-17-46-3/h10-13,18-22,27,32H,4-9,14-17,38H2,1-3H3,(H2,39,40)(H,41,42,45). The van der Waals surface area contributed by atoms with Crippen LogP contribution in [0.5, 0.6) is 0 Å². The lowest BCUT2D eigenvalue weighted by molar-refractivity contribution is 0.0860. The number of aromatic amines is 1. The summed E-state index contributed by atoms with van der Waals surface area (Å²) < 4.78 is 16.7. The van der Waals surface area contributed by atoms with Gasteiger partial charge in [0.15, 0.2) is 5.82 Å². The summed E-state index contributed by atoms with van der Waals surface area (Å²) >= 11 is 8.15. The first-order valence-electron chi connectivity index (χ1n) is 16.1. The molecule has 1 fully saturated rings. The minimum Gasteiger partial charge on any atom is -0.388 e. The predicted molar refractivity (Wildman–Crippen MR) is 191 cm³/mol. The van der Waals surface area contributed by atoms with Crippen LogP contribution in [0.4, 0.5) is 4.39 Å². The van der Waals surface area contributed by atoms with Crippen LogP contribution in [0.2, 0.25) is 5.02 Å². The van der Waals surface area contributed by atoms with E-state index in [9.17, 15) is 4.79 Å². The van der Waals surface area contributed by atoms with Crippen molar-refractivity contribution in [1.82, 2.24) is 19.4 Å². The van der Waals surface area contributed by atoms with Crippen LogP contribution in [0, 0.1) is 5.82 Å². The molecule has 0 spiro atoms. The number of benzene rings is 2. The van der Waals surface area contributed by atoms with Gasteiger partial charge in [-0.1, -0.05) is 23.7 Å². The minimum absolute atomic E-state index is 0.0649. The highest BCUT2D eigenvalue weighted by molar-refractivity contribution is 7.98. The number of aliphatic imine (C=N–C) groups is 1. The van der Waals surface area contributed by atoms with Crippen molar-refractivity contribution in [3.05, 3.63) is 81.1 Å². The van der Waals surface area contributed by atoms with Gasteiger partial charge in [0.1, 0.15) is 5.65 Å². The van der Waals surface area contributed by atoms with E-state index in [1.54, 1.807) is 16.8 Å². The molecule has 2 aromatic carbocycles. The van der Waals surface area contributed by atoms with Crippen molar-refractivity contribution < 1.29 is 4.39 Å². The first kappa shape index (κ1) is 34.2. The van der Waals surface area contributed by atoms with Crippen molar-refractivity contribution in [3.63, 3.8) is 0 Å². The highest BCUT2D eigenvalue weighted by Gasteiger charge is 2.31. The largest absolute Gasteiger partial charge is 0.388 e. The molecule has 0 radical (unpaired) electrons. The maximum atomic E-state index is 15.2. The van der Waals surface area contributed by atoms with Gasteiger partial charge in [0, 0.05) is 54.1 Å². The molecule has 4 aromatic rings. The molecule has 0 bridgehead atoms. The lowest BCUT2D eigenvalue weighted by Crippen LogP contribution is -2.43. The van der Waals surface area contributed by atoms with Crippen molar-refractivity contribution >= 4 is 40.2 Å². The number of nitrogens with two attached hydrogens (primary N) is 2. The van der Waals surface area contributed by atoms with E-state index in [1.807, 2.05) is 49.9 Å². The van der Waals surface area contributed by atoms with Gasteiger partial charge in [0.25, 0.3) is 0 Å². The summed E-state index contributed by atoms with van der Waals surface area (Å²) in [5, 5.41) is 0.764. The molecule has 1 aliphatic heterocycles. The third-order valence-electron chi connectivity index (χ3n) is 8.83. The van der Waals surface area contributed by atoms with Crippen LogP contribution < -0.4 is 17.2 Å². The lowest BCUT2D eigenvalue weighted by Gasteiger charge is -2.42. The lowest BCUT2D eigenvalue weighted by atomic mass is 9.89. The topological polar surface area (TPSA) is 118 Å². The SMILES string of the molecule is CSCCN1C(CCN=C(C)N)CCCC1c1ccc(-n2cc3cc(-c4cc(CCCC(C)N)cc(Cl)c4F)[nH]c3nc2=O)cc1. The number of aryl methyl sites for hydroxylation is 1. The van der Waals surface area contributed by atoms with Crippen LogP contribution in [0.3, 0.4) is 0 Å². The second-order valence-corrected chi connectivity index (χ2v) is 13.8. The number of nitrogens with zero attached hydrogens (tertiary/aromatic N) is 4. The molecule has 1 aliphatic rings. The van der Waals surface area contributed by atoms with E-state index < -0.39 is 11.5 Å². The van der Waals surface area contributed by atoms with Crippen LogP contribution >= 0.6 is 23.4 Å². The Morgan fingerprint density at radius 2 is 2.02 bits per heavy atom. The number of hydrogen-bond acceptors (Lipinski definition) is 6. The number of hydrogen-bond donors (Lipinski definition) is 3. The van der Waals surface area contributed by atoms with E-state index in [0.717, 1.165) is 75.0 Å². The van der Waals surface area contributed by atoms with E-state index in [2.05, 4.69) is 38.2 Å². The van der Waals surface area contributed by atoms with Gasteiger partial charge in [-0.3, -0.25) is 14.5 Å². The number of H-pyrrole nitrogens is 1. The highest BCUT2D eigenvalue weighted by Crippen LogP contribution is 2.36. The number of aromatic nitrogens is 3. The molecule has 5 N–H and O–H groups in total. The third-order valence-corrected chi connectivity index (χ3v) is 9.69. The van der Waals surface area contributed by atoms with Crippen LogP contribution in [-0.2, 0) is 6.42 Å². The molecular formula is C35H45ClFN7OS. The molecule has 0 amide bonds. The first-order valence-corrected chi connectivity index (χ1v) is 17.9. The zero-order valence-electron chi connectivity index (χ0n) is 26.9. The fourth-order valence-corrected chi connectivity index (χ4v) is 7.16. The Labute approximate surface area is 279 Å². The fraction of sp³-hybridized carbons (Fsp3) is 0.457. The first-order chi connectivity index (χ1) is 22.1. The molecular weight excluding hydrogens is 621 g/mol. The van der Waals surface area contributed by atoms with Crippen molar-refractivity contribution in [2.24, 2.45) is 16.5 Å². The zero-order valence-corrected chi connectivity index (χ0v) is 28.5. The van der Waals surface area contributed by atoms with Gasteiger partial charge >= 0.3 is 5.69 Å². The van der Waals surface area contributed by atoms with Crippen LogP contribution in [-0.4, -0.2) is 62.5 Å². The Morgan fingerprint density at radius 1 is 1.24 bits per heavy atom. The normalized spacial score (nSPS) is 18.3. The number of amidine groups is 1. The quantitative estimate of drug-likeness (QED) is 0.106. The molecule has 246 valence electrons. The number of likely N-dealkylation sites (tertiary alicyclic amines) is 1. The molecule has 11 heteroatoms. The van der Waals surface area contributed by atoms with Crippen LogP contribution in [0.15, 0.2) is 58.4 Å². The molecule has 1 saturated heterocycles. The monoisotopic (exact) mass is 665 g/mol. The summed E-state index contributed by atoms with van der Waals surface area (Å²) in [5.74, 6) is 1.19. The maximum absolute atomic E-state index is 15.2. The number of piperidine rings is 1. The summed E-state index contributed by atoms with van der Waals surface area (Å²) in [6.07, 6.45) is 10.8. The highest BCUT2D eigenvalue weighted by atomic mass is 35.5. The number of thioether (sulfide) groups is 1. The molecule has 2 aromatic heterocycles. The van der Waals surface area contributed by atoms with E-state index >= 15 is 4.39 Å². The Kier molecular flexibility index (Phi) is 11.6. The number of halogens is 2. The van der Waals surface area contributed by atoms with Crippen molar-refractivity contribution in [1.29, 1.82) is 0 Å². The number of nitrogens with one attached hydrogen (secondary N) is 1. The van der Waals surface area contributed by atoms with Crippen molar-refractivity contribution in [2.75, 3.05) is 25.1 Å². The van der Waals surface area contributed by atoms with Gasteiger partial charge in [-0.05, 0) is 107 Å². The van der Waals surface area contributed by atoms with E-state index in [1.165, 1.54) is 5.56 Å². The molecule has 3 unspecified atom stereocenters. The Bertz CT molecular complexity index is 1710. The van der Waals surface area contributed by atoms with Gasteiger partial charge in [0.2, 0.25) is 0 Å². The summed E-state index contributed by atoms with van der Waals surface area (Å²) in [7, 11) is 0. The smallest absolute Gasteiger partial charge is 0.354 e. The number of fused-ring (bicyclic) bond motifs is 1. The van der Waals surface area contributed by atoms with Gasteiger partial charge in [-0.15, -0.1) is 0 Å². The van der Waals surface area contributed by atoms with E-state index in [4.69, 9.17) is 23.1 Å². The Balaban J connectivity index is 1.39. The van der Waals surface area contributed by atoms with Crippen LogP contribution in [0.1, 0.15) is 69.5 Å². The van der Waals surface area contributed by atoms with Crippen molar-refractivity contribution in [2.45, 2.75) is 76.9 Å². The third kappa shape index (κ3) is 8.20. The Morgan fingerprint density at radius 3 is 2.74 bits per heavy atom. The second-order valence-electron chi connectivity index (χ2n) is 12.4. The summed E-state index contributed by atoms with van der Waals surface area (Å²) in [4.78, 5) is 27.7. The fourth-order valence-electron chi connectivity index (χ4n) is 6.52. The van der Waals surface area contributed by atoms with Gasteiger partial charge < -0.3 is 16.5 Å². The number of rotatable bonds is 13. The molecule has 5 rings (SSSR count). The molecule has 3 atom stereocenters. The Hall–Kier alpha value is -3.18. The van der Waals surface area contributed by atoms with Gasteiger partial charge in [-0.25, -0.2) is 9.18 Å².